The van der Waals surface area contributed by atoms with E-state index in [9.17, 15) is 4.39 Å². The number of nitrogens with two attached hydrogens (primary N) is 1. The van der Waals surface area contributed by atoms with E-state index in [2.05, 4.69) is 4.98 Å². The Morgan fingerprint density at radius 3 is 2.78 bits per heavy atom. The fourth-order valence-corrected chi connectivity index (χ4v) is 2.37. The van der Waals surface area contributed by atoms with Crippen LogP contribution in [-0.2, 0) is 7.05 Å². The number of nitrogens with zero attached hydrogens (tertiary/aromatic N) is 2. The van der Waals surface area contributed by atoms with E-state index < -0.39 is 0 Å². The molecule has 5 heteroatoms. The normalized spacial score (nSPS) is 15.1. The maximum absolute atomic E-state index is 13.0. The van der Waals surface area contributed by atoms with Gasteiger partial charge in [-0.25, -0.2) is 9.37 Å². The first-order valence-corrected chi connectivity index (χ1v) is 6.23. The van der Waals surface area contributed by atoms with Gasteiger partial charge in [0, 0.05) is 18.5 Å². The van der Waals surface area contributed by atoms with Gasteiger partial charge in [-0.3, -0.25) is 0 Å². The molecule has 1 aromatic carbocycles. The van der Waals surface area contributed by atoms with Gasteiger partial charge in [0.15, 0.2) is 0 Å². The Bertz CT molecular complexity index is 617. The number of imidazole rings is 1. The molecule has 18 heavy (non-hydrogen) atoms. The summed E-state index contributed by atoms with van der Waals surface area (Å²) >= 11 is 6.05. The van der Waals surface area contributed by atoms with Crippen LogP contribution in [-0.4, -0.2) is 9.55 Å². The lowest BCUT2D eigenvalue weighted by Crippen LogP contribution is -2.00. The van der Waals surface area contributed by atoms with Crippen LogP contribution in [0.4, 0.5) is 10.2 Å². The third kappa shape index (κ3) is 1.77. The second kappa shape index (κ2) is 3.99. The minimum atomic E-state index is -0.360. The molecule has 1 saturated carbocycles. The molecule has 1 aromatic heterocycles. The highest BCUT2D eigenvalue weighted by Crippen LogP contribution is 2.42. The van der Waals surface area contributed by atoms with Gasteiger partial charge in [-0.05, 0) is 31.0 Å². The van der Waals surface area contributed by atoms with Gasteiger partial charge < -0.3 is 10.3 Å². The summed E-state index contributed by atoms with van der Waals surface area (Å²) in [5, 5.41) is 0.335. The molecule has 0 spiro atoms. The van der Waals surface area contributed by atoms with E-state index in [0.29, 0.717) is 28.0 Å². The zero-order chi connectivity index (χ0) is 12.9. The van der Waals surface area contributed by atoms with Crippen LogP contribution in [0.2, 0.25) is 5.02 Å². The van der Waals surface area contributed by atoms with E-state index in [4.69, 9.17) is 17.3 Å². The maximum Gasteiger partial charge on any atom is 0.131 e. The minimum absolute atomic E-state index is 0.335. The van der Waals surface area contributed by atoms with Crippen LogP contribution in [0.15, 0.2) is 18.2 Å². The van der Waals surface area contributed by atoms with Crippen LogP contribution in [0.1, 0.15) is 24.6 Å². The molecule has 1 aliphatic rings. The standard InChI is InChI=1S/C13H13ClFN3/c1-18-12(16)11(17-13(18)7-2-3-7)9-5-4-8(15)6-10(9)14/h4-7H,2-3,16H2,1H3. The fourth-order valence-electron chi connectivity index (χ4n) is 2.12. The van der Waals surface area contributed by atoms with Gasteiger partial charge in [0.25, 0.3) is 0 Å². The summed E-state index contributed by atoms with van der Waals surface area (Å²) in [6.07, 6.45) is 2.31. The lowest BCUT2D eigenvalue weighted by atomic mass is 10.1. The highest BCUT2D eigenvalue weighted by molar-refractivity contribution is 6.33. The van der Waals surface area contributed by atoms with Gasteiger partial charge in [-0.15, -0.1) is 0 Å². The molecule has 1 aliphatic carbocycles. The quantitative estimate of drug-likeness (QED) is 0.905. The smallest absolute Gasteiger partial charge is 0.131 e. The largest absolute Gasteiger partial charge is 0.383 e. The van der Waals surface area contributed by atoms with Crippen LogP contribution in [0.3, 0.4) is 0 Å². The van der Waals surface area contributed by atoms with Crippen molar-refractivity contribution in [2.75, 3.05) is 5.73 Å². The van der Waals surface area contributed by atoms with E-state index in [1.807, 2.05) is 11.6 Å². The van der Waals surface area contributed by atoms with E-state index in [1.165, 1.54) is 12.1 Å². The van der Waals surface area contributed by atoms with Crippen molar-refractivity contribution in [2.45, 2.75) is 18.8 Å². The van der Waals surface area contributed by atoms with E-state index in [-0.39, 0.29) is 5.82 Å². The predicted molar refractivity (Wildman–Crippen MR) is 70.0 cm³/mol. The van der Waals surface area contributed by atoms with Crippen LogP contribution >= 0.6 is 11.6 Å². The monoisotopic (exact) mass is 265 g/mol. The molecule has 0 atom stereocenters. The molecule has 0 unspecified atom stereocenters. The molecule has 0 amide bonds. The Morgan fingerprint density at radius 2 is 2.17 bits per heavy atom. The number of halogens is 2. The number of hydrogen-bond donors (Lipinski definition) is 1. The van der Waals surface area contributed by atoms with Gasteiger partial charge in [0.1, 0.15) is 23.2 Å². The number of hydrogen-bond acceptors (Lipinski definition) is 2. The van der Waals surface area contributed by atoms with Crippen molar-refractivity contribution in [3.05, 3.63) is 34.9 Å². The first-order valence-electron chi connectivity index (χ1n) is 5.85. The minimum Gasteiger partial charge on any atom is -0.383 e. The Morgan fingerprint density at radius 1 is 1.44 bits per heavy atom. The molecule has 3 nitrogen and oxygen atoms in total. The van der Waals surface area contributed by atoms with Crippen molar-refractivity contribution in [1.82, 2.24) is 9.55 Å². The van der Waals surface area contributed by atoms with Gasteiger partial charge in [0.2, 0.25) is 0 Å². The van der Waals surface area contributed by atoms with Crippen LogP contribution in [0.5, 0.6) is 0 Å². The summed E-state index contributed by atoms with van der Waals surface area (Å²) in [4.78, 5) is 4.56. The second-order valence-corrected chi connectivity index (χ2v) is 5.07. The Balaban J connectivity index is 2.13. The van der Waals surface area contributed by atoms with E-state index >= 15 is 0 Å². The molecular formula is C13H13ClFN3. The number of anilines is 1. The molecule has 1 heterocycles. The Labute approximate surface area is 109 Å². The Hall–Kier alpha value is -1.55. The van der Waals surface area contributed by atoms with E-state index in [1.54, 1.807) is 6.07 Å². The highest BCUT2D eigenvalue weighted by atomic mass is 35.5. The fraction of sp³-hybridized carbons (Fsp3) is 0.308. The van der Waals surface area contributed by atoms with Gasteiger partial charge >= 0.3 is 0 Å². The number of rotatable bonds is 2. The summed E-state index contributed by atoms with van der Waals surface area (Å²) in [7, 11) is 1.90. The van der Waals surface area contributed by atoms with Crippen LogP contribution in [0, 0.1) is 5.82 Å². The predicted octanol–water partition coefficient (Wildman–Crippen LogP) is 3.34. The second-order valence-electron chi connectivity index (χ2n) is 4.66. The number of nitrogen functional groups attached to an aromatic ring is 1. The number of aromatic nitrogens is 2. The topological polar surface area (TPSA) is 43.8 Å². The molecule has 0 saturated heterocycles. The molecular weight excluding hydrogens is 253 g/mol. The van der Waals surface area contributed by atoms with Crippen molar-refractivity contribution in [3.8, 4) is 11.3 Å². The summed E-state index contributed by atoms with van der Waals surface area (Å²) < 4.78 is 14.9. The third-order valence-corrected chi connectivity index (χ3v) is 3.62. The lowest BCUT2D eigenvalue weighted by Gasteiger charge is -2.03. The molecule has 2 N–H and O–H groups in total. The van der Waals surface area contributed by atoms with E-state index in [0.717, 1.165) is 18.7 Å². The molecule has 94 valence electrons. The first-order chi connectivity index (χ1) is 8.58. The van der Waals surface area contributed by atoms with Gasteiger partial charge in [-0.2, -0.15) is 0 Å². The molecule has 3 rings (SSSR count). The Kier molecular flexibility index (Phi) is 2.55. The summed E-state index contributed by atoms with van der Waals surface area (Å²) in [6, 6.07) is 4.26. The summed E-state index contributed by atoms with van der Waals surface area (Å²) in [5.74, 6) is 1.71. The van der Waals surface area contributed by atoms with Crippen molar-refractivity contribution in [3.63, 3.8) is 0 Å². The SMILES string of the molecule is Cn1c(C2CC2)nc(-c2ccc(F)cc2Cl)c1N. The van der Waals surface area contributed by atoms with Crippen LogP contribution < -0.4 is 5.73 Å². The molecule has 2 aromatic rings. The van der Waals surface area contributed by atoms with Crippen molar-refractivity contribution in [2.24, 2.45) is 7.05 Å². The third-order valence-electron chi connectivity index (χ3n) is 3.30. The maximum atomic E-state index is 13.0. The lowest BCUT2D eigenvalue weighted by molar-refractivity contribution is 0.628. The highest BCUT2D eigenvalue weighted by Gasteiger charge is 2.30. The zero-order valence-electron chi connectivity index (χ0n) is 9.95. The number of benzene rings is 1. The van der Waals surface area contributed by atoms with Crippen molar-refractivity contribution >= 4 is 17.4 Å². The summed E-state index contributed by atoms with van der Waals surface area (Å²) in [6.45, 7) is 0. The molecule has 0 bridgehead atoms. The first kappa shape index (κ1) is 11.5. The average molecular weight is 266 g/mol. The summed E-state index contributed by atoms with van der Waals surface area (Å²) in [5.41, 5.74) is 7.38. The van der Waals surface area contributed by atoms with Gasteiger partial charge in [-0.1, -0.05) is 11.6 Å². The molecule has 1 fully saturated rings. The zero-order valence-corrected chi connectivity index (χ0v) is 10.7. The van der Waals surface area contributed by atoms with Crippen molar-refractivity contribution < 1.29 is 4.39 Å². The molecule has 0 radical (unpaired) electrons. The van der Waals surface area contributed by atoms with Crippen molar-refractivity contribution in [1.29, 1.82) is 0 Å². The van der Waals surface area contributed by atoms with Gasteiger partial charge in [0.05, 0.1) is 5.02 Å². The average Bonchev–Trinajstić information content (AvgIpc) is 3.11. The van der Waals surface area contributed by atoms with Crippen LogP contribution in [0.25, 0.3) is 11.3 Å². The molecule has 0 aliphatic heterocycles.